The van der Waals surface area contributed by atoms with Crippen molar-refractivity contribution in [2.24, 2.45) is 0 Å². The Hall–Kier alpha value is -0.570. The molecule has 0 amide bonds. The second kappa shape index (κ2) is 7.88. The van der Waals surface area contributed by atoms with Gasteiger partial charge in [-0.15, -0.1) is 34.5 Å². The fourth-order valence-corrected chi connectivity index (χ4v) is 1.96. The number of fused-ring (bicyclic) bond motifs is 1. The molecule has 0 fully saturated rings. The maximum Gasteiger partial charge on any atom is 0.121 e. The minimum atomic E-state index is -0.195. The molecule has 3 aromatic rings. The molecule has 0 atom stereocenters. The third-order valence-electron chi connectivity index (χ3n) is 2.80. The van der Waals surface area contributed by atoms with Crippen LogP contribution in [0.4, 0.5) is 4.39 Å². The molecule has 98 valence electrons. The van der Waals surface area contributed by atoms with Crippen molar-refractivity contribution in [3.05, 3.63) is 66.5 Å². The zero-order chi connectivity index (χ0) is 11.0. The van der Waals surface area contributed by atoms with Crippen molar-refractivity contribution >= 4 is 10.8 Å². The normalized spacial score (nSPS) is 9.11. The van der Waals surface area contributed by atoms with Crippen LogP contribution in [0, 0.1) is 5.82 Å². The summed E-state index contributed by atoms with van der Waals surface area (Å²) in [4.78, 5) is 0. The molecule has 0 saturated heterocycles. The van der Waals surface area contributed by atoms with Crippen LogP contribution in [0.5, 0.6) is 0 Å². The molecule has 0 saturated carbocycles. The quantitative estimate of drug-likeness (QED) is 0.304. The van der Waals surface area contributed by atoms with Crippen molar-refractivity contribution in [1.82, 2.24) is 0 Å². The van der Waals surface area contributed by atoms with Gasteiger partial charge in [0.15, 0.2) is 0 Å². The first-order chi connectivity index (χ1) is 7.83. The van der Waals surface area contributed by atoms with E-state index in [1.54, 1.807) is 0 Å². The van der Waals surface area contributed by atoms with E-state index in [0.717, 1.165) is 11.1 Å². The van der Waals surface area contributed by atoms with Crippen LogP contribution in [0.15, 0.2) is 60.7 Å². The molecule has 0 nitrogen and oxygen atoms in total. The van der Waals surface area contributed by atoms with Gasteiger partial charge >= 0.3 is 0 Å². The summed E-state index contributed by atoms with van der Waals surface area (Å²) < 4.78 is 12.8. The Kier molecular flexibility index (Phi) is 7.65. The average molecular weight is 459 g/mol. The van der Waals surface area contributed by atoms with Gasteiger partial charge < -0.3 is 24.8 Å². The van der Waals surface area contributed by atoms with E-state index in [9.17, 15) is 4.39 Å². The molecule has 19 heavy (non-hydrogen) atoms. The van der Waals surface area contributed by atoms with Crippen molar-refractivity contribution in [2.45, 2.75) is 0 Å². The van der Waals surface area contributed by atoms with Gasteiger partial charge in [-0.25, -0.2) is 4.39 Å². The fourth-order valence-electron chi connectivity index (χ4n) is 1.96. The maximum absolute atomic E-state index is 12.8. The van der Waals surface area contributed by atoms with Gasteiger partial charge in [0.1, 0.15) is 5.82 Å². The number of halogens is 3. The molecule has 3 aromatic carbocycles. The standard InChI is InChI=1S/C15H10F.2ClH.Hf/c16-15-7-5-11(6-8-15)14-9-12-3-1-2-4-13(12)10-14;;;/h1-10H;2*1H;/q-1;;;/p-2. The van der Waals surface area contributed by atoms with Gasteiger partial charge in [0.05, 0.1) is 0 Å². The Morgan fingerprint density at radius 3 is 2.11 bits per heavy atom. The predicted molar refractivity (Wildman–Crippen MR) is 64.9 cm³/mol. The van der Waals surface area contributed by atoms with Crippen LogP contribution in [0.2, 0.25) is 0 Å². The second-order valence-corrected chi connectivity index (χ2v) is 3.88. The minimum absolute atomic E-state index is 0. The van der Waals surface area contributed by atoms with Crippen molar-refractivity contribution in [2.75, 3.05) is 0 Å². The van der Waals surface area contributed by atoms with Crippen molar-refractivity contribution in [1.29, 1.82) is 0 Å². The van der Waals surface area contributed by atoms with Gasteiger partial charge in [-0.3, -0.25) is 0 Å². The smallest absolute Gasteiger partial charge is 0.121 e. The van der Waals surface area contributed by atoms with Gasteiger partial charge in [-0.05, 0) is 12.1 Å². The Labute approximate surface area is 143 Å². The van der Waals surface area contributed by atoms with Crippen molar-refractivity contribution in [3.8, 4) is 11.1 Å². The predicted octanol–water partition coefficient (Wildman–Crippen LogP) is -1.63. The van der Waals surface area contributed by atoms with Crippen LogP contribution in [0.25, 0.3) is 21.9 Å². The van der Waals surface area contributed by atoms with Gasteiger partial charge in [-0.1, -0.05) is 35.9 Å². The van der Waals surface area contributed by atoms with E-state index >= 15 is 0 Å². The molecule has 0 radical (unpaired) electrons. The summed E-state index contributed by atoms with van der Waals surface area (Å²) in [5.74, 6) is -0.195. The van der Waals surface area contributed by atoms with E-state index in [1.165, 1.54) is 22.9 Å². The fraction of sp³-hybridized carbons (Fsp3) is 0. The Morgan fingerprint density at radius 1 is 0.842 bits per heavy atom. The van der Waals surface area contributed by atoms with Crippen LogP contribution in [-0.2, 0) is 25.8 Å². The maximum atomic E-state index is 12.8. The van der Waals surface area contributed by atoms with Gasteiger partial charge in [0, 0.05) is 25.8 Å². The second-order valence-electron chi connectivity index (χ2n) is 3.88. The zero-order valence-corrected chi connectivity index (χ0v) is 15.0. The van der Waals surface area contributed by atoms with E-state index in [2.05, 4.69) is 24.3 Å². The SMILES string of the molecule is Fc1ccc(-c2cc3ccccc3[cH-]2)cc1.[Cl-].[Cl-].[Hf]. The largest absolute Gasteiger partial charge is 1.00 e. The van der Waals surface area contributed by atoms with E-state index in [1.807, 2.05) is 24.3 Å². The Balaban J connectivity index is 0.00000108. The van der Waals surface area contributed by atoms with Crippen LogP contribution in [-0.4, -0.2) is 0 Å². The summed E-state index contributed by atoms with van der Waals surface area (Å²) >= 11 is 0. The molecular formula is C15H10Cl2FHf-3. The number of benzene rings is 2. The van der Waals surface area contributed by atoms with Crippen LogP contribution in [0.1, 0.15) is 0 Å². The van der Waals surface area contributed by atoms with Crippen LogP contribution >= 0.6 is 0 Å². The van der Waals surface area contributed by atoms with Crippen LogP contribution < -0.4 is 24.8 Å². The molecule has 4 heteroatoms. The number of hydrogen-bond acceptors (Lipinski definition) is 0. The summed E-state index contributed by atoms with van der Waals surface area (Å²) in [6, 6.07) is 19.1. The summed E-state index contributed by atoms with van der Waals surface area (Å²) in [6.07, 6.45) is 0. The van der Waals surface area contributed by atoms with E-state index in [4.69, 9.17) is 0 Å². The van der Waals surface area contributed by atoms with E-state index in [-0.39, 0.29) is 56.5 Å². The Bertz CT molecular complexity index is 599. The average Bonchev–Trinajstić information content (AvgIpc) is 2.73. The van der Waals surface area contributed by atoms with E-state index < -0.39 is 0 Å². The summed E-state index contributed by atoms with van der Waals surface area (Å²) in [5.41, 5.74) is 2.19. The zero-order valence-electron chi connectivity index (χ0n) is 9.91. The molecule has 0 bridgehead atoms. The third kappa shape index (κ3) is 3.95. The first-order valence-electron chi connectivity index (χ1n) is 5.24. The third-order valence-corrected chi connectivity index (χ3v) is 2.80. The van der Waals surface area contributed by atoms with Crippen molar-refractivity contribution < 1.29 is 55.0 Å². The molecule has 3 rings (SSSR count). The van der Waals surface area contributed by atoms with Crippen LogP contribution in [0.3, 0.4) is 0 Å². The molecule has 0 aromatic heterocycles. The number of hydrogen-bond donors (Lipinski definition) is 0. The molecule has 0 aliphatic heterocycles. The molecule has 0 N–H and O–H groups in total. The molecule has 0 spiro atoms. The van der Waals surface area contributed by atoms with Crippen molar-refractivity contribution in [3.63, 3.8) is 0 Å². The molecule has 0 aliphatic carbocycles. The molecule has 0 unspecified atom stereocenters. The summed E-state index contributed by atoms with van der Waals surface area (Å²) in [7, 11) is 0. The summed E-state index contributed by atoms with van der Waals surface area (Å²) in [5, 5.41) is 2.45. The first kappa shape index (κ1) is 18.4. The van der Waals surface area contributed by atoms with Gasteiger partial charge in [-0.2, -0.15) is 0 Å². The first-order valence-corrected chi connectivity index (χ1v) is 5.24. The summed E-state index contributed by atoms with van der Waals surface area (Å²) in [6.45, 7) is 0. The number of rotatable bonds is 1. The van der Waals surface area contributed by atoms with Gasteiger partial charge in [0.25, 0.3) is 0 Å². The molecular weight excluding hydrogens is 449 g/mol. The minimum Gasteiger partial charge on any atom is -1.00 e. The topological polar surface area (TPSA) is 0 Å². The monoisotopic (exact) mass is 459 g/mol. The van der Waals surface area contributed by atoms with Gasteiger partial charge in [0.2, 0.25) is 0 Å². The Morgan fingerprint density at radius 2 is 1.47 bits per heavy atom. The molecule has 0 heterocycles. The molecule has 0 aliphatic rings. The van der Waals surface area contributed by atoms with E-state index in [0.29, 0.717) is 0 Å².